The van der Waals surface area contributed by atoms with Crippen molar-refractivity contribution in [2.24, 2.45) is 17.6 Å². The van der Waals surface area contributed by atoms with Gasteiger partial charge in [-0.3, -0.25) is 0 Å². The van der Waals surface area contributed by atoms with Gasteiger partial charge in [0, 0.05) is 5.92 Å². The fraction of sp³-hybridized carbons (Fsp3) is 0.571. The number of halogens is 1. The Balaban J connectivity index is 2.89. The summed E-state index contributed by atoms with van der Waals surface area (Å²) in [6.45, 7) is 6.52. The number of nitrogens with two attached hydrogens (primary N) is 1. The monoisotopic (exact) mass is 223 g/mol. The van der Waals surface area contributed by atoms with E-state index in [0.29, 0.717) is 6.54 Å². The minimum Gasteiger partial charge on any atom is -0.330 e. The minimum atomic E-state index is -0.948. The van der Waals surface area contributed by atoms with Crippen LogP contribution in [0.5, 0.6) is 0 Å². The van der Waals surface area contributed by atoms with Gasteiger partial charge in [-0.2, -0.15) is 0 Å². The molecule has 0 radical (unpaired) electrons. The van der Waals surface area contributed by atoms with Crippen molar-refractivity contribution in [2.75, 3.05) is 6.54 Å². The first-order valence-corrected chi connectivity index (χ1v) is 6.03. The fourth-order valence-corrected chi connectivity index (χ4v) is 1.96. The fourth-order valence-electron chi connectivity index (χ4n) is 1.96. The summed E-state index contributed by atoms with van der Waals surface area (Å²) in [7, 11) is 0. The quantitative estimate of drug-likeness (QED) is 0.812. The van der Waals surface area contributed by atoms with Crippen LogP contribution in [0.3, 0.4) is 0 Å². The van der Waals surface area contributed by atoms with Gasteiger partial charge in [0.1, 0.15) is 6.17 Å². The van der Waals surface area contributed by atoms with Gasteiger partial charge in [0.25, 0.3) is 0 Å². The number of benzene rings is 1. The molecule has 0 bridgehead atoms. The summed E-state index contributed by atoms with van der Waals surface area (Å²) in [6.07, 6.45) is -0.00768. The zero-order valence-corrected chi connectivity index (χ0v) is 10.4. The van der Waals surface area contributed by atoms with Crippen molar-refractivity contribution >= 4 is 0 Å². The van der Waals surface area contributed by atoms with E-state index >= 15 is 0 Å². The molecule has 90 valence electrons. The second-order valence-corrected chi connectivity index (χ2v) is 4.64. The molecule has 2 heteroatoms. The maximum Gasteiger partial charge on any atom is 0.129 e. The zero-order valence-electron chi connectivity index (χ0n) is 10.4. The van der Waals surface area contributed by atoms with E-state index in [1.807, 2.05) is 38.1 Å². The van der Waals surface area contributed by atoms with Crippen LogP contribution in [-0.2, 0) is 6.42 Å². The van der Waals surface area contributed by atoms with Gasteiger partial charge in [0.05, 0.1) is 0 Å². The first-order chi connectivity index (χ1) is 7.60. The number of rotatable bonds is 5. The Morgan fingerprint density at radius 1 is 1.31 bits per heavy atom. The van der Waals surface area contributed by atoms with Crippen molar-refractivity contribution in [2.45, 2.75) is 33.4 Å². The normalized spacial score (nSPS) is 15.1. The minimum absolute atomic E-state index is 0.0906. The van der Waals surface area contributed by atoms with Crippen molar-refractivity contribution in [3.63, 3.8) is 0 Å². The highest BCUT2D eigenvalue weighted by Crippen LogP contribution is 2.31. The molecule has 2 atom stereocenters. The van der Waals surface area contributed by atoms with Crippen LogP contribution in [0.25, 0.3) is 0 Å². The van der Waals surface area contributed by atoms with Crippen molar-refractivity contribution < 1.29 is 4.39 Å². The molecule has 1 nitrogen and oxygen atoms in total. The Hall–Kier alpha value is -0.890. The van der Waals surface area contributed by atoms with Gasteiger partial charge in [0.2, 0.25) is 0 Å². The van der Waals surface area contributed by atoms with Crippen LogP contribution in [0.2, 0.25) is 0 Å². The highest BCUT2D eigenvalue weighted by molar-refractivity contribution is 5.25. The predicted octanol–water partition coefficient (Wildman–Crippen LogP) is 3.49. The molecule has 0 amide bonds. The van der Waals surface area contributed by atoms with Gasteiger partial charge in [-0.25, -0.2) is 4.39 Å². The lowest BCUT2D eigenvalue weighted by atomic mass is 9.87. The zero-order chi connectivity index (χ0) is 12.1. The molecule has 0 aliphatic heterocycles. The smallest absolute Gasteiger partial charge is 0.129 e. The maximum atomic E-state index is 14.3. The average Bonchev–Trinajstić information content (AvgIpc) is 2.29. The Morgan fingerprint density at radius 2 is 2.00 bits per heavy atom. The topological polar surface area (TPSA) is 26.0 Å². The average molecular weight is 223 g/mol. The second-order valence-electron chi connectivity index (χ2n) is 4.64. The first kappa shape index (κ1) is 13.2. The molecule has 0 fully saturated rings. The third-order valence-electron chi connectivity index (χ3n) is 3.18. The number of alkyl halides is 1. The van der Waals surface area contributed by atoms with Crippen LogP contribution < -0.4 is 5.73 Å². The molecule has 0 spiro atoms. The first-order valence-electron chi connectivity index (χ1n) is 6.03. The van der Waals surface area contributed by atoms with E-state index in [9.17, 15) is 4.39 Å². The third kappa shape index (κ3) is 3.05. The molecule has 16 heavy (non-hydrogen) atoms. The third-order valence-corrected chi connectivity index (χ3v) is 3.18. The predicted molar refractivity (Wildman–Crippen MR) is 67.1 cm³/mol. The van der Waals surface area contributed by atoms with E-state index < -0.39 is 6.17 Å². The molecule has 0 saturated heterocycles. The van der Waals surface area contributed by atoms with E-state index in [-0.39, 0.29) is 11.8 Å². The summed E-state index contributed by atoms with van der Waals surface area (Å²) in [4.78, 5) is 0. The summed E-state index contributed by atoms with van der Waals surface area (Å²) >= 11 is 0. The van der Waals surface area contributed by atoms with Crippen LogP contribution in [0, 0.1) is 11.8 Å². The van der Waals surface area contributed by atoms with Gasteiger partial charge >= 0.3 is 0 Å². The van der Waals surface area contributed by atoms with Crippen molar-refractivity contribution in [3.05, 3.63) is 35.4 Å². The van der Waals surface area contributed by atoms with E-state index in [1.165, 1.54) is 5.56 Å². The number of hydrogen-bond acceptors (Lipinski definition) is 1. The van der Waals surface area contributed by atoms with Crippen LogP contribution in [0.15, 0.2) is 24.3 Å². The summed E-state index contributed by atoms with van der Waals surface area (Å²) < 4.78 is 14.3. The molecule has 1 rings (SSSR count). The largest absolute Gasteiger partial charge is 0.330 e. The SMILES string of the molecule is CCc1cccc(C(F)C(CN)C(C)C)c1. The van der Waals surface area contributed by atoms with Gasteiger partial charge in [0.15, 0.2) is 0 Å². The molecule has 2 N–H and O–H groups in total. The van der Waals surface area contributed by atoms with Gasteiger partial charge < -0.3 is 5.73 Å². The molecule has 0 saturated carbocycles. The highest BCUT2D eigenvalue weighted by atomic mass is 19.1. The van der Waals surface area contributed by atoms with Gasteiger partial charge in [-0.1, -0.05) is 45.0 Å². The van der Waals surface area contributed by atoms with E-state index in [0.717, 1.165) is 12.0 Å². The van der Waals surface area contributed by atoms with E-state index in [4.69, 9.17) is 5.73 Å². The molecule has 0 heterocycles. The van der Waals surface area contributed by atoms with E-state index in [2.05, 4.69) is 6.92 Å². The number of aryl methyl sites for hydroxylation is 1. The summed E-state index contributed by atoms with van der Waals surface area (Å²) in [5, 5.41) is 0. The Labute approximate surface area is 97.9 Å². The van der Waals surface area contributed by atoms with Crippen molar-refractivity contribution in [1.29, 1.82) is 0 Å². The molecular weight excluding hydrogens is 201 g/mol. The maximum absolute atomic E-state index is 14.3. The highest BCUT2D eigenvalue weighted by Gasteiger charge is 2.24. The van der Waals surface area contributed by atoms with Gasteiger partial charge in [-0.05, 0) is 30.0 Å². The Kier molecular flexibility index (Phi) is 4.94. The summed E-state index contributed by atoms with van der Waals surface area (Å²) in [6, 6.07) is 7.77. The Bertz CT molecular complexity index is 322. The lowest BCUT2D eigenvalue weighted by Gasteiger charge is -2.23. The van der Waals surface area contributed by atoms with Crippen molar-refractivity contribution in [3.8, 4) is 0 Å². The molecule has 1 aromatic carbocycles. The number of hydrogen-bond donors (Lipinski definition) is 1. The molecule has 0 aliphatic rings. The molecule has 0 aliphatic carbocycles. The van der Waals surface area contributed by atoms with Crippen LogP contribution in [-0.4, -0.2) is 6.54 Å². The molecular formula is C14H22FN. The van der Waals surface area contributed by atoms with Gasteiger partial charge in [-0.15, -0.1) is 0 Å². The summed E-state index contributed by atoms with van der Waals surface area (Å²) in [5.41, 5.74) is 7.59. The van der Waals surface area contributed by atoms with E-state index in [1.54, 1.807) is 0 Å². The standard InChI is InChI=1S/C14H22FN/c1-4-11-6-5-7-12(8-11)14(15)13(9-16)10(2)3/h5-8,10,13-14H,4,9,16H2,1-3H3. The van der Waals surface area contributed by atoms with Crippen LogP contribution in [0.4, 0.5) is 4.39 Å². The van der Waals surface area contributed by atoms with Crippen molar-refractivity contribution in [1.82, 2.24) is 0 Å². The van der Waals surface area contributed by atoms with Crippen LogP contribution in [0.1, 0.15) is 38.1 Å². The lowest BCUT2D eigenvalue weighted by molar-refractivity contribution is 0.188. The molecule has 2 unspecified atom stereocenters. The molecule has 1 aromatic rings. The summed E-state index contributed by atoms with van der Waals surface area (Å²) in [5.74, 6) is 0.178. The Morgan fingerprint density at radius 3 is 2.50 bits per heavy atom. The van der Waals surface area contributed by atoms with Crippen LogP contribution >= 0.6 is 0 Å². The second kappa shape index (κ2) is 6.00. The molecule has 0 aromatic heterocycles. The lowest BCUT2D eigenvalue weighted by Crippen LogP contribution is -2.24.